The number of carbonyl (C=O) groups excluding carboxylic acids is 4. The van der Waals surface area contributed by atoms with Gasteiger partial charge in [-0.3, -0.25) is 39.1 Å². The van der Waals surface area contributed by atoms with Crippen LogP contribution in [0, 0.1) is 138 Å². The van der Waals surface area contributed by atoms with Gasteiger partial charge in [-0.1, -0.05) is 319 Å². The normalized spacial score (nSPS) is 11.5. The Morgan fingerprint density at radius 1 is 0.296 bits per heavy atom. The van der Waals surface area contributed by atoms with E-state index in [1.54, 1.807) is 0 Å². The smallest absolute Gasteiger partial charge is 0.159 e. The summed E-state index contributed by atoms with van der Waals surface area (Å²) in [5, 5.41) is 42.4. The van der Waals surface area contributed by atoms with Gasteiger partial charge in [0.05, 0.1) is 45.1 Å². The number of para-hydroxylation sites is 4. The van der Waals surface area contributed by atoms with Crippen LogP contribution in [0.1, 0.15) is 290 Å². The van der Waals surface area contributed by atoms with Crippen molar-refractivity contribution < 1.29 is 120 Å². The minimum atomic E-state index is 0. The van der Waals surface area contributed by atoms with Crippen molar-refractivity contribution in [2.24, 2.45) is 58.7 Å². The fourth-order valence-corrected chi connectivity index (χ4v) is 16.2. The molecule has 4 aromatic heterocycles. The molecule has 12 rings (SSSR count). The monoisotopic (exact) mass is 2630 g/mol. The Morgan fingerprint density at radius 2 is 0.521 bits per heavy atom. The average molecular weight is 2630 g/mol. The first-order valence-corrected chi connectivity index (χ1v) is 50.0. The number of fused-ring (bicyclic) bond motifs is 4. The van der Waals surface area contributed by atoms with E-state index < -0.39 is 0 Å². The van der Waals surface area contributed by atoms with E-state index in [9.17, 15) is 39.6 Å². The minimum absolute atomic E-state index is 0. The zero-order chi connectivity index (χ0) is 103. The van der Waals surface area contributed by atoms with Gasteiger partial charge in [0.1, 0.15) is 0 Å². The topological polar surface area (TPSA) is 201 Å². The van der Waals surface area contributed by atoms with Gasteiger partial charge < -0.3 is 20.4 Å². The van der Waals surface area contributed by atoms with Crippen LogP contribution in [-0.4, -0.2) is 63.5 Å². The second-order valence-electron chi connectivity index (χ2n) is 42.7. The van der Waals surface area contributed by atoms with Crippen molar-refractivity contribution in [3.05, 3.63) is 308 Å². The molecule has 0 unspecified atom stereocenters. The molecule has 0 amide bonds. The third kappa shape index (κ3) is 50.1. The van der Waals surface area contributed by atoms with E-state index in [-0.39, 0.29) is 132 Å². The van der Waals surface area contributed by atoms with E-state index in [1.165, 1.54) is 90.4 Å². The fraction of sp³-hybridized carbons (Fsp3) is 0.429. The number of carbonyl (C=O) groups is 4. The van der Waals surface area contributed by atoms with Crippen LogP contribution < -0.4 is 0 Å². The number of aromatic nitrogens is 4. The molecule has 142 heavy (non-hydrogen) atoms. The summed E-state index contributed by atoms with van der Waals surface area (Å²) < 4.78 is 0. The van der Waals surface area contributed by atoms with Crippen LogP contribution in [0.2, 0.25) is 0 Å². The molecule has 776 valence electrons. The Kier molecular flexibility index (Phi) is 60.2. The summed E-state index contributed by atoms with van der Waals surface area (Å²) >= 11 is 0. The summed E-state index contributed by atoms with van der Waals surface area (Å²) in [4.78, 5) is 64.2. The molecule has 0 bridgehead atoms. The van der Waals surface area contributed by atoms with E-state index in [4.69, 9.17) is 19.9 Å². The third-order valence-electron chi connectivity index (χ3n) is 21.4. The minimum Gasteiger partial charge on any atom is -0.512 e. The Bertz CT molecular complexity index is 5840. The molecule has 0 aliphatic heterocycles. The standard InChI is InChI=1S/C22H24N.C21H22N.C20H20N.C19H18N.4C11H20O2.4Ir/c1-15-10-16(2)12-17(11-15)21-13-18(14-22(3,4)5)19-8-6-7-9-20(19)23-21;1-14(2)9-17-13-21(18-11-15(3)10-16(4)12-18)22-20-8-6-5-7-19(17)20;1-13(2)18-12-20(16-10-14(3)9-15(4)11-16)21-19-8-6-5-7-17(18)19;1-4-15-12-19(16-10-13(2)9-14(3)11-16)20-18-8-6-5-7-17(15)18;4*1-8(2)5-10(12)7-11(13)6-9(3)4;;;;/h6-11,13H,14H2,1-5H3;5-8,10-11,13-14H,9H2,1-4H3;5-10,12-13H,1-4H3;5-10,12H,4H2,1-3H3;4*7-9,12H,5-6H2,1-4H3;;;;/q4*-1;;;;;;;;. The maximum Gasteiger partial charge on any atom is 0.159 e. The quantitative estimate of drug-likeness (QED) is 0.0197. The molecule has 0 saturated carbocycles. The molecular formula is C126H164Ir4N4O8-4. The molecule has 0 aliphatic rings. The van der Waals surface area contributed by atoms with E-state index in [0.717, 1.165) is 109 Å². The zero-order valence-corrected chi connectivity index (χ0v) is 101. The SMILES string of the molecule is CC(C)CC(=O)C=C(O)CC(C)C.CC(C)CC(=O)C=C(O)CC(C)C.CC(C)CC(=O)C=C(O)CC(C)C.CC(C)CC(=O)C=C(O)CC(C)C.CCc1cc(-c2[c-]c(C)cc(C)c2)nc2ccccc12.Cc1[c-]c(-c2cc(C(C)C)c3ccccc3n2)cc(C)c1.Cc1[c-]c(-c2cc(CC(C)(C)C)c3ccccc3n2)cc(C)c1.Cc1[c-]c(-c2cc(CC(C)C)c3ccccc3n2)cc(C)c1.[Ir].[Ir].[Ir].[Ir]. The number of aliphatic hydroxyl groups excluding tert-OH is 4. The van der Waals surface area contributed by atoms with Crippen LogP contribution in [0.15, 0.2) is 217 Å². The van der Waals surface area contributed by atoms with Crippen molar-refractivity contribution in [1.29, 1.82) is 0 Å². The van der Waals surface area contributed by atoms with Crippen molar-refractivity contribution >= 4 is 66.7 Å². The molecule has 0 atom stereocenters. The van der Waals surface area contributed by atoms with Crippen molar-refractivity contribution in [3.63, 3.8) is 0 Å². The number of nitrogens with zero attached hydrogens (tertiary/aromatic N) is 4. The molecule has 12 aromatic rings. The van der Waals surface area contributed by atoms with Crippen LogP contribution >= 0.6 is 0 Å². The molecule has 0 aliphatic carbocycles. The van der Waals surface area contributed by atoms with Crippen molar-refractivity contribution in [2.75, 3.05) is 0 Å². The Morgan fingerprint density at radius 3 is 0.761 bits per heavy atom. The summed E-state index contributed by atoms with van der Waals surface area (Å²) in [6.07, 6.45) is 13.0. The first-order valence-electron chi connectivity index (χ1n) is 50.0. The molecule has 4 N–H and O–H groups in total. The number of hydrogen-bond acceptors (Lipinski definition) is 12. The van der Waals surface area contributed by atoms with Crippen molar-refractivity contribution in [2.45, 2.75) is 298 Å². The number of aryl methyl sites for hydroxylation is 9. The van der Waals surface area contributed by atoms with Crippen LogP contribution in [0.3, 0.4) is 0 Å². The third-order valence-corrected chi connectivity index (χ3v) is 21.4. The number of ketones is 4. The molecule has 0 saturated heterocycles. The van der Waals surface area contributed by atoms with Gasteiger partial charge in [-0.05, 0) is 153 Å². The molecule has 0 fully saturated rings. The van der Waals surface area contributed by atoms with Gasteiger partial charge in [-0.25, -0.2) is 0 Å². The van der Waals surface area contributed by atoms with Gasteiger partial charge in [-0.2, -0.15) is 0 Å². The van der Waals surface area contributed by atoms with E-state index in [2.05, 4.69) is 299 Å². The van der Waals surface area contributed by atoms with Gasteiger partial charge in [0.25, 0.3) is 0 Å². The number of aliphatic hydroxyl groups is 4. The Hall–Kier alpha value is -9.16. The van der Waals surface area contributed by atoms with Crippen LogP contribution in [0.4, 0.5) is 0 Å². The maximum absolute atomic E-state index is 11.2. The van der Waals surface area contributed by atoms with Crippen LogP contribution in [-0.2, 0) is 119 Å². The maximum atomic E-state index is 11.2. The molecule has 8 aromatic carbocycles. The number of allylic oxidation sites excluding steroid dienone is 8. The summed E-state index contributed by atoms with van der Waals surface area (Å²) in [6, 6.07) is 73.5. The van der Waals surface area contributed by atoms with Gasteiger partial charge in [0.15, 0.2) is 23.1 Å². The average Bonchev–Trinajstić information content (AvgIpc) is 0.801. The first kappa shape index (κ1) is 131. The Balaban J connectivity index is 0.000000818. The second-order valence-corrected chi connectivity index (χ2v) is 42.7. The van der Waals surface area contributed by atoms with Gasteiger partial charge in [-0.15, -0.1) is 140 Å². The number of hydrogen-bond donors (Lipinski definition) is 4. The summed E-state index contributed by atoms with van der Waals surface area (Å²) in [5.74, 6) is 5.02. The Labute approximate surface area is 909 Å². The van der Waals surface area contributed by atoms with Crippen LogP contribution in [0.25, 0.3) is 88.6 Å². The van der Waals surface area contributed by atoms with Crippen molar-refractivity contribution in [1.82, 2.24) is 19.9 Å². The molecular weight excluding hydrogens is 2470 g/mol. The summed E-state index contributed by atoms with van der Waals surface area (Å²) in [5.41, 5.74) is 28.0. The fourth-order valence-electron chi connectivity index (χ4n) is 16.2. The summed E-state index contributed by atoms with van der Waals surface area (Å²) in [7, 11) is 0. The van der Waals surface area contributed by atoms with Crippen LogP contribution in [0.5, 0.6) is 0 Å². The number of pyridine rings is 4. The number of rotatable bonds is 29. The predicted molar refractivity (Wildman–Crippen MR) is 586 cm³/mol. The van der Waals surface area contributed by atoms with Gasteiger partial charge in [0.2, 0.25) is 0 Å². The summed E-state index contributed by atoms with van der Waals surface area (Å²) in [6.45, 7) is 66.9. The molecule has 16 heteroatoms. The van der Waals surface area contributed by atoms with Crippen molar-refractivity contribution in [3.8, 4) is 45.0 Å². The molecule has 4 radical (unpaired) electrons. The number of benzene rings is 8. The van der Waals surface area contributed by atoms with Gasteiger partial charge in [0, 0.05) is 178 Å². The van der Waals surface area contributed by atoms with E-state index in [1.807, 2.05) is 117 Å². The van der Waals surface area contributed by atoms with E-state index in [0.29, 0.717) is 111 Å². The molecule has 4 heterocycles. The molecule has 0 spiro atoms. The predicted octanol–water partition coefficient (Wildman–Crippen LogP) is 34.1. The largest absolute Gasteiger partial charge is 0.512 e. The first-order chi connectivity index (χ1) is 64.7. The molecule has 12 nitrogen and oxygen atoms in total. The van der Waals surface area contributed by atoms with Gasteiger partial charge >= 0.3 is 0 Å². The van der Waals surface area contributed by atoms with E-state index >= 15 is 0 Å². The second kappa shape index (κ2) is 65.3. The zero-order valence-electron chi connectivity index (χ0n) is 91.1.